The molecule has 8 nitrogen and oxygen atoms in total. The van der Waals surface area contributed by atoms with Crippen LogP contribution in [-0.2, 0) is 26.0 Å². The molecule has 0 bridgehead atoms. The molecule has 3 rings (SSSR count). The van der Waals surface area contributed by atoms with Gasteiger partial charge in [-0.15, -0.1) is 0 Å². The highest BCUT2D eigenvalue weighted by Crippen LogP contribution is 2.26. The molecule has 1 aromatic rings. The van der Waals surface area contributed by atoms with Crippen molar-refractivity contribution in [2.45, 2.75) is 49.8 Å². The molecule has 0 aromatic heterocycles. The zero-order valence-electron chi connectivity index (χ0n) is 19.2. The lowest BCUT2D eigenvalue weighted by atomic mass is 10.1. The zero-order chi connectivity index (χ0) is 22.8. The molecule has 0 radical (unpaired) electrons. The van der Waals surface area contributed by atoms with E-state index in [1.54, 1.807) is 25.3 Å². The fourth-order valence-electron chi connectivity index (χ4n) is 4.27. The highest BCUT2D eigenvalue weighted by Gasteiger charge is 2.27. The number of nitrogens with one attached hydrogen (secondary N) is 1. The van der Waals surface area contributed by atoms with Crippen LogP contribution < -0.4 is 10.1 Å². The number of hydrogen-bond acceptors (Lipinski definition) is 6. The van der Waals surface area contributed by atoms with Crippen molar-refractivity contribution >= 4 is 15.9 Å². The molecule has 180 valence electrons. The van der Waals surface area contributed by atoms with Crippen molar-refractivity contribution in [3.63, 3.8) is 0 Å². The van der Waals surface area contributed by atoms with Crippen molar-refractivity contribution in [3.05, 3.63) is 23.8 Å². The third kappa shape index (κ3) is 7.16. The van der Waals surface area contributed by atoms with Crippen molar-refractivity contribution in [1.82, 2.24) is 14.5 Å². The van der Waals surface area contributed by atoms with Crippen LogP contribution in [0.2, 0.25) is 0 Å². The smallest absolute Gasteiger partial charge is 0.243 e. The molecule has 2 aliphatic heterocycles. The largest absolute Gasteiger partial charge is 0.496 e. The molecule has 2 heterocycles. The van der Waals surface area contributed by atoms with E-state index < -0.39 is 10.0 Å². The van der Waals surface area contributed by atoms with Crippen LogP contribution in [0.15, 0.2) is 23.1 Å². The topological polar surface area (TPSA) is 88.2 Å². The molecule has 2 saturated heterocycles. The van der Waals surface area contributed by atoms with Crippen LogP contribution in [0, 0.1) is 0 Å². The maximum absolute atomic E-state index is 12.9. The van der Waals surface area contributed by atoms with E-state index in [2.05, 4.69) is 10.2 Å². The van der Waals surface area contributed by atoms with Gasteiger partial charge in [-0.3, -0.25) is 4.79 Å². The monoisotopic (exact) mass is 467 g/mol. The number of ether oxygens (including phenoxy) is 2. The minimum absolute atomic E-state index is 0.0237. The number of methoxy groups -OCH3 is 1. The Morgan fingerprint density at radius 2 is 1.81 bits per heavy atom. The fraction of sp³-hybridized carbons (Fsp3) is 0.696. The Balaban J connectivity index is 1.49. The summed E-state index contributed by atoms with van der Waals surface area (Å²) in [5, 5.41) is 3.00. The summed E-state index contributed by atoms with van der Waals surface area (Å²) in [6, 6.07) is 4.87. The Morgan fingerprint density at radius 3 is 2.50 bits per heavy atom. The lowest BCUT2D eigenvalue weighted by Gasteiger charge is -2.26. The summed E-state index contributed by atoms with van der Waals surface area (Å²) < 4.78 is 38.0. The lowest BCUT2D eigenvalue weighted by molar-refractivity contribution is -0.121. The second kappa shape index (κ2) is 12.5. The summed E-state index contributed by atoms with van der Waals surface area (Å²) in [7, 11) is -2.03. The first-order chi connectivity index (χ1) is 15.5. The van der Waals surface area contributed by atoms with Crippen LogP contribution in [0.1, 0.15) is 44.1 Å². The number of amides is 1. The van der Waals surface area contributed by atoms with E-state index >= 15 is 0 Å². The van der Waals surface area contributed by atoms with Crippen molar-refractivity contribution in [1.29, 1.82) is 0 Å². The molecule has 2 fully saturated rings. The van der Waals surface area contributed by atoms with E-state index in [1.807, 2.05) is 0 Å². The normalized spacial score (nSPS) is 18.8. The number of sulfonamides is 1. The Hall–Kier alpha value is -1.68. The minimum atomic E-state index is -3.59. The van der Waals surface area contributed by atoms with Crippen molar-refractivity contribution in [3.8, 4) is 5.75 Å². The molecule has 2 aliphatic rings. The second-order valence-electron chi connectivity index (χ2n) is 8.45. The predicted octanol–water partition coefficient (Wildman–Crippen LogP) is 2.03. The van der Waals surface area contributed by atoms with Crippen LogP contribution in [0.4, 0.5) is 0 Å². The van der Waals surface area contributed by atoms with E-state index in [4.69, 9.17) is 9.47 Å². The van der Waals surface area contributed by atoms with Gasteiger partial charge in [-0.25, -0.2) is 8.42 Å². The van der Waals surface area contributed by atoms with Gasteiger partial charge in [0.25, 0.3) is 0 Å². The summed E-state index contributed by atoms with van der Waals surface area (Å²) in [6.07, 6.45) is 6.86. The molecule has 0 atom stereocenters. The lowest BCUT2D eigenvalue weighted by Crippen LogP contribution is -2.40. The average molecular weight is 468 g/mol. The van der Waals surface area contributed by atoms with Crippen molar-refractivity contribution in [2.75, 3.05) is 59.6 Å². The first kappa shape index (κ1) is 25.0. The van der Waals surface area contributed by atoms with Crippen molar-refractivity contribution in [2.24, 2.45) is 0 Å². The van der Waals surface area contributed by atoms with E-state index in [9.17, 15) is 13.2 Å². The Morgan fingerprint density at radius 1 is 1.09 bits per heavy atom. The number of hydrogen-bond donors (Lipinski definition) is 1. The highest BCUT2D eigenvalue weighted by molar-refractivity contribution is 7.89. The molecular formula is C23H37N3O5S. The third-order valence-electron chi connectivity index (χ3n) is 6.15. The van der Waals surface area contributed by atoms with E-state index in [1.165, 1.54) is 30.0 Å². The van der Waals surface area contributed by atoms with Gasteiger partial charge in [0.2, 0.25) is 15.9 Å². The van der Waals surface area contributed by atoms with Gasteiger partial charge in [-0.1, -0.05) is 12.8 Å². The molecule has 32 heavy (non-hydrogen) atoms. The summed E-state index contributed by atoms with van der Waals surface area (Å²) in [4.78, 5) is 15.1. The van der Waals surface area contributed by atoms with Gasteiger partial charge in [0.1, 0.15) is 5.75 Å². The zero-order valence-corrected chi connectivity index (χ0v) is 20.0. The van der Waals surface area contributed by atoms with Gasteiger partial charge in [0.05, 0.1) is 25.2 Å². The number of nitrogens with zero attached hydrogens (tertiary/aromatic N) is 2. The predicted molar refractivity (Wildman–Crippen MR) is 123 cm³/mol. The number of aryl methyl sites for hydroxylation is 1. The number of morpholine rings is 1. The fourth-order valence-corrected chi connectivity index (χ4v) is 5.73. The van der Waals surface area contributed by atoms with E-state index in [-0.39, 0.29) is 10.8 Å². The first-order valence-electron chi connectivity index (χ1n) is 11.7. The number of carbonyl (C=O) groups is 1. The van der Waals surface area contributed by atoms with Gasteiger partial charge >= 0.3 is 0 Å². The van der Waals surface area contributed by atoms with Crippen LogP contribution in [0.5, 0.6) is 5.75 Å². The van der Waals surface area contributed by atoms with Gasteiger partial charge in [0, 0.05) is 26.1 Å². The standard InChI is InChI=1S/C23H37N3O5S/c1-30-22-9-8-21(32(28,29)26-15-17-31-18-16-26)19-20(22)7-10-23(27)24-11-6-14-25-12-4-2-3-5-13-25/h8-9,19H,2-7,10-18H2,1H3,(H,24,27). The molecule has 0 saturated carbocycles. The number of likely N-dealkylation sites (tertiary alicyclic amines) is 1. The first-order valence-corrected chi connectivity index (χ1v) is 13.2. The van der Waals surface area contributed by atoms with Crippen molar-refractivity contribution < 1.29 is 22.7 Å². The summed E-state index contributed by atoms with van der Waals surface area (Å²) in [5.41, 5.74) is 0.724. The molecule has 1 aromatic carbocycles. The maximum atomic E-state index is 12.9. The molecular weight excluding hydrogens is 430 g/mol. The third-order valence-corrected chi connectivity index (χ3v) is 8.05. The SMILES string of the molecule is COc1ccc(S(=O)(=O)N2CCOCC2)cc1CCC(=O)NCCCN1CCCCCC1. The molecule has 1 amide bonds. The van der Waals surface area contributed by atoms with Gasteiger partial charge in [-0.2, -0.15) is 4.31 Å². The van der Waals surface area contributed by atoms with E-state index in [0.717, 1.165) is 31.6 Å². The van der Waals surface area contributed by atoms with Gasteiger partial charge in [-0.05, 0) is 69.1 Å². The highest BCUT2D eigenvalue weighted by atomic mass is 32.2. The Labute approximate surface area is 192 Å². The van der Waals surface area contributed by atoms with Crippen LogP contribution in [0.25, 0.3) is 0 Å². The second-order valence-corrected chi connectivity index (χ2v) is 10.4. The number of benzene rings is 1. The van der Waals surface area contributed by atoms with Gasteiger partial charge in [0.15, 0.2) is 0 Å². The van der Waals surface area contributed by atoms with Crippen LogP contribution in [0.3, 0.4) is 0 Å². The van der Waals surface area contributed by atoms with Crippen LogP contribution >= 0.6 is 0 Å². The molecule has 0 spiro atoms. The minimum Gasteiger partial charge on any atom is -0.496 e. The van der Waals surface area contributed by atoms with Crippen LogP contribution in [-0.4, -0.2) is 83.1 Å². The Bertz CT molecular complexity index is 832. The van der Waals surface area contributed by atoms with Gasteiger partial charge < -0.3 is 19.7 Å². The van der Waals surface area contributed by atoms with E-state index in [0.29, 0.717) is 51.4 Å². The molecule has 0 unspecified atom stereocenters. The molecule has 0 aliphatic carbocycles. The maximum Gasteiger partial charge on any atom is 0.243 e. The summed E-state index contributed by atoms with van der Waals surface area (Å²) >= 11 is 0. The summed E-state index contributed by atoms with van der Waals surface area (Å²) in [5.74, 6) is 0.573. The molecule has 9 heteroatoms. The summed E-state index contributed by atoms with van der Waals surface area (Å²) in [6.45, 7) is 5.52. The number of carbonyl (C=O) groups excluding carboxylic acids is 1. The average Bonchev–Trinajstić information content (AvgIpc) is 3.09. The molecule has 1 N–H and O–H groups in total. The Kier molecular flexibility index (Phi) is 9.77. The quantitative estimate of drug-likeness (QED) is 0.530. The number of rotatable bonds is 10.